The lowest BCUT2D eigenvalue weighted by Gasteiger charge is -2.41. The number of nitriles is 1. The number of aliphatic imine (C=N–C) groups is 1. The van der Waals surface area contributed by atoms with Crippen molar-refractivity contribution in [2.24, 2.45) is 10.7 Å². The zero-order valence-electron chi connectivity index (χ0n) is 16.5. The van der Waals surface area contributed by atoms with Gasteiger partial charge in [0.15, 0.2) is 5.96 Å². The van der Waals surface area contributed by atoms with E-state index in [0.717, 1.165) is 16.0 Å². The molecule has 1 heterocycles. The third-order valence-electron chi connectivity index (χ3n) is 4.99. The van der Waals surface area contributed by atoms with E-state index >= 15 is 0 Å². The minimum atomic E-state index is -0.896. The van der Waals surface area contributed by atoms with Crippen molar-refractivity contribution in [3.63, 3.8) is 0 Å². The van der Waals surface area contributed by atoms with Gasteiger partial charge in [0.05, 0.1) is 17.6 Å². The van der Waals surface area contributed by atoms with E-state index in [1.54, 1.807) is 30.9 Å². The number of guanidine groups is 1. The van der Waals surface area contributed by atoms with Gasteiger partial charge in [0.2, 0.25) is 5.91 Å². The summed E-state index contributed by atoms with van der Waals surface area (Å²) in [5.41, 5.74) is 7.37. The Morgan fingerprint density at radius 3 is 2.54 bits per heavy atom. The maximum atomic E-state index is 13.2. The van der Waals surface area contributed by atoms with Crippen LogP contribution in [0.4, 0.5) is 0 Å². The summed E-state index contributed by atoms with van der Waals surface area (Å²) < 4.78 is 0. The van der Waals surface area contributed by atoms with Gasteiger partial charge in [-0.05, 0) is 42.3 Å². The van der Waals surface area contributed by atoms with Gasteiger partial charge in [0.25, 0.3) is 0 Å². The molecule has 2 unspecified atom stereocenters. The molecule has 1 aliphatic heterocycles. The number of hydrogen-bond donors (Lipinski definition) is 1. The number of benzene rings is 2. The molecule has 3 rings (SSSR count). The number of nitrogens with zero attached hydrogens (tertiary/aromatic N) is 3. The number of hydrogen-bond acceptors (Lipinski definition) is 5. The predicted octanol–water partition coefficient (Wildman–Crippen LogP) is 3.84. The number of carbonyl (C=O) groups excluding carboxylic acids is 1. The highest BCUT2D eigenvalue weighted by Crippen LogP contribution is 2.44. The Balaban J connectivity index is 2.12. The van der Waals surface area contributed by atoms with Crippen LogP contribution in [0, 0.1) is 11.3 Å². The predicted molar refractivity (Wildman–Crippen MR) is 113 cm³/mol. The van der Waals surface area contributed by atoms with Crippen molar-refractivity contribution in [2.75, 3.05) is 7.05 Å². The van der Waals surface area contributed by atoms with Crippen LogP contribution in [0.25, 0.3) is 0 Å². The lowest BCUT2D eigenvalue weighted by Crippen LogP contribution is -2.52. The molecule has 0 aromatic heterocycles. The fraction of sp³-hybridized carbons (Fsp3) is 0.318. The van der Waals surface area contributed by atoms with Crippen LogP contribution in [0.1, 0.15) is 43.4 Å². The first-order valence-corrected chi connectivity index (χ1v) is 10.0. The lowest BCUT2D eigenvalue weighted by molar-refractivity contribution is -0.130. The zero-order valence-corrected chi connectivity index (χ0v) is 17.3. The Kier molecular flexibility index (Phi) is 5.48. The fourth-order valence-corrected chi connectivity index (χ4v) is 4.37. The van der Waals surface area contributed by atoms with Crippen molar-refractivity contribution in [3.05, 3.63) is 65.2 Å². The molecule has 1 amide bonds. The van der Waals surface area contributed by atoms with E-state index in [4.69, 9.17) is 10.7 Å². The molecule has 0 aliphatic carbocycles. The van der Waals surface area contributed by atoms with Crippen LogP contribution in [-0.2, 0) is 10.3 Å². The molecule has 0 bridgehead atoms. The van der Waals surface area contributed by atoms with Crippen LogP contribution < -0.4 is 5.73 Å². The Morgan fingerprint density at radius 1 is 1.25 bits per heavy atom. The van der Waals surface area contributed by atoms with Gasteiger partial charge in [-0.25, -0.2) is 4.99 Å². The number of amides is 1. The van der Waals surface area contributed by atoms with E-state index in [-0.39, 0.29) is 11.9 Å². The third kappa shape index (κ3) is 3.63. The highest BCUT2D eigenvalue weighted by molar-refractivity contribution is 7.99. The molecule has 2 N–H and O–H groups in total. The fourth-order valence-electron chi connectivity index (χ4n) is 3.54. The van der Waals surface area contributed by atoms with E-state index in [2.05, 4.69) is 19.9 Å². The van der Waals surface area contributed by atoms with Crippen molar-refractivity contribution < 1.29 is 4.79 Å². The molecular weight excluding hydrogens is 368 g/mol. The average Bonchev–Trinajstić information content (AvgIpc) is 2.67. The second kappa shape index (κ2) is 7.69. The number of likely N-dealkylation sites (N-methyl/N-ethyl adjacent to an activating group) is 1. The summed E-state index contributed by atoms with van der Waals surface area (Å²) in [7, 11) is 1.64. The van der Waals surface area contributed by atoms with Crippen molar-refractivity contribution in [2.45, 2.75) is 42.4 Å². The standard InChI is InChI=1S/C22H24N4OS/c1-14(2)28-18-10-8-16(9-11-18)19-20(27)26(4)21(24)25-22(19,3)17-7-5-6-15(12-17)13-23/h5-12,14,19H,1-4H3,(H2,24,25). The molecule has 1 aliphatic rings. The largest absolute Gasteiger partial charge is 0.369 e. The molecule has 0 radical (unpaired) electrons. The van der Waals surface area contributed by atoms with Crippen LogP contribution in [-0.4, -0.2) is 29.1 Å². The molecule has 2 aromatic carbocycles. The molecule has 0 spiro atoms. The maximum Gasteiger partial charge on any atom is 0.239 e. The Hall–Kier alpha value is -2.78. The van der Waals surface area contributed by atoms with Crippen LogP contribution in [0.5, 0.6) is 0 Å². The van der Waals surface area contributed by atoms with Crippen LogP contribution in [0.3, 0.4) is 0 Å². The summed E-state index contributed by atoms with van der Waals surface area (Å²) in [5, 5.41) is 9.77. The molecule has 144 valence electrons. The van der Waals surface area contributed by atoms with E-state index in [1.165, 1.54) is 4.90 Å². The van der Waals surface area contributed by atoms with Gasteiger partial charge < -0.3 is 5.73 Å². The van der Waals surface area contributed by atoms with Gasteiger partial charge in [-0.2, -0.15) is 5.26 Å². The zero-order chi connectivity index (χ0) is 20.5. The molecule has 0 fully saturated rings. The van der Waals surface area contributed by atoms with Crippen LogP contribution in [0.15, 0.2) is 58.4 Å². The van der Waals surface area contributed by atoms with Gasteiger partial charge in [-0.1, -0.05) is 38.1 Å². The second-order valence-electron chi connectivity index (χ2n) is 7.38. The minimum absolute atomic E-state index is 0.110. The summed E-state index contributed by atoms with van der Waals surface area (Å²) >= 11 is 1.78. The first-order valence-electron chi connectivity index (χ1n) is 9.16. The highest BCUT2D eigenvalue weighted by atomic mass is 32.2. The van der Waals surface area contributed by atoms with Crippen molar-refractivity contribution >= 4 is 23.6 Å². The third-order valence-corrected chi connectivity index (χ3v) is 6.01. The summed E-state index contributed by atoms with van der Waals surface area (Å²) in [4.78, 5) is 20.5. The monoisotopic (exact) mass is 392 g/mol. The van der Waals surface area contributed by atoms with Crippen molar-refractivity contribution in [3.8, 4) is 6.07 Å². The van der Waals surface area contributed by atoms with Gasteiger partial charge >= 0.3 is 0 Å². The summed E-state index contributed by atoms with van der Waals surface area (Å²) in [5.74, 6) is -0.462. The Morgan fingerprint density at radius 2 is 1.93 bits per heavy atom. The molecular formula is C22H24N4OS. The van der Waals surface area contributed by atoms with Gasteiger partial charge in [0.1, 0.15) is 5.54 Å². The van der Waals surface area contributed by atoms with E-state index in [1.807, 2.05) is 43.3 Å². The molecule has 2 atom stereocenters. The first kappa shape index (κ1) is 20.0. The molecule has 2 aromatic rings. The Labute approximate surface area is 170 Å². The molecule has 5 nitrogen and oxygen atoms in total. The van der Waals surface area contributed by atoms with E-state index in [9.17, 15) is 10.1 Å². The molecule has 6 heteroatoms. The number of nitrogens with two attached hydrogens (primary N) is 1. The van der Waals surface area contributed by atoms with Crippen LogP contribution >= 0.6 is 11.8 Å². The SMILES string of the molecule is CC(C)Sc1ccc(C2C(=O)N(C)C(N)=NC2(C)c2cccc(C#N)c2)cc1. The summed E-state index contributed by atoms with van der Waals surface area (Å²) in [6.07, 6.45) is 0. The second-order valence-corrected chi connectivity index (χ2v) is 9.03. The number of thioether (sulfide) groups is 1. The van der Waals surface area contributed by atoms with Crippen molar-refractivity contribution in [1.29, 1.82) is 5.26 Å². The smallest absolute Gasteiger partial charge is 0.239 e. The minimum Gasteiger partial charge on any atom is -0.369 e. The number of rotatable bonds is 4. The van der Waals surface area contributed by atoms with Gasteiger partial charge in [0, 0.05) is 17.2 Å². The topological polar surface area (TPSA) is 82.5 Å². The quantitative estimate of drug-likeness (QED) is 0.801. The summed E-state index contributed by atoms with van der Waals surface area (Å²) in [6, 6.07) is 17.5. The Bertz CT molecular complexity index is 961. The molecule has 0 saturated heterocycles. The molecule has 0 saturated carbocycles. The average molecular weight is 393 g/mol. The highest BCUT2D eigenvalue weighted by Gasteiger charge is 2.47. The van der Waals surface area contributed by atoms with Crippen LogP contribution in [0.2, 0.25) is 0 Å². The first-order chi connectivity index (χ1) is 13.3. The molecule has 28 heavy (non-hydrogen) atoms. The lowest BCUT2D eigenvalue weighted by atomic mass is 9.74. The number of carbonyl (C=O) groups is 1. The van der Waals surface area contributed by atoms with E-state index in [0.29, 0.717) is 10.8 Å². The van der Waals surface area contributed by atoms with E-state index < -0.39 is 11.5 Å². The van der Waals surface area contributed by atoms with Gasteiger partial charge in [-0.15, -0.1) is 11.8 Å². The maximum absolute atomic E-state index is 13.2. The van der Waals surface area contributed by atoms with Gasteiger partial charge in [-0.3, -0.25) is 9.69 Å². The summed E-state index contributed by atoms with van der Waals surface area (Å²) in [6.45, 7) is 6.20. The van der Waals surface area contributed by atoms with Crippen molar-refractivity contribution in [1.82, 2.24) is 4.90 Å². The normalized spacial score (nSPS) is 22.1.